The van der Waals surface area contributed by atoms with Gasteiger partial charge in [0.1, 0.15) is 11.5 Å². The molecule has 6 nitrogen and oxygen atoms in total. The summed E-state index contributed by atoms with van der Waals surface area (Å²) < 4.78 is 10.6. The molecule has 1 heterocycles. The third kappa shape index (κ3) is 5.17. The molecule has 0 aliphatic rings. The molecule has 0 unspecified atom stereocenters. The summed E-state index contributed by atoms with van der Waals surface area (Å²) in [4.78, 5) is 25.2. The molecule has 0 bridgehead atoms. The number of carbonyl (C=O) groups excluding carboxylic acids is 1. The number of carbonyl (C=O) groups is 1. The van der Waals surface area contributed by atoms with Crippen LogP contribution in [0, 0.1) is 0 Å². The highest BCUT2D eigenvalue weighted by molar-refractivity contribution is 7.98. The van der Waals surface area contributed by atoms with Gasteiger partial charge in [-0.25, -0.2) is 0 Å². The SMILES string of the molecule is COC(=O)C[C@H](c1ccc(O)cc1)c1oc(CSc2ccccc2Cl)cc(=O)c1O. The summed E-state index contributed by atoms with van der Waals surface area (Å²) in [6.07, 6.45) is -0.154. The maximum atomic E-state index is 12.4. The van der Waals surface area contributed by atoms with Gasteiger partial charge in [-0.15, -0.1) is 11.8 Å². The molecule has 156 valence electrons. The van der Waals surface area contributed by atoms with E-state index in [2.05, 4.69) is 0 Å². The third-order valence-electron chi connectivity index (χ3n) is 4.42. The van der Waals surface area contributed by atoms with Crippen LogP contribution in [0.5, 0.6) is 11.5 Å². The van der Waals surface area contributed by atoms with Crippen molar-refractivity contribution in [2.45, 2.75) is 23.0 Å². The van der Waals surface area contributed by atoms with E-state index in [1.807, 2.05) is 18.2 Å². The van der Waals surface area contributed by atoms with Gasteiger partial charge in [0.25, 0.3) is 0 Å². The molecule has 0 spiro atoms. The highest BCUT2D eigenvalue weighted by Gasteiger charge is 2.26. The summed E-state index contributed by atoms with van der Waals surface area (Å²) >= 11 is 7.55. The fourth-order valence-electron chi connectivity index (χ4n) is 2.89. The second-order valence-electron chi connectivity index (χ2n) is 6.43. The molecule has 2 N–H and O–H groups in total. The molecule has 0 saturated carbocycles. The molecule has 0 saturated heterocycles. The zero-order chi connectivity index (χ0) is 21.7. The Labute approximate surface area is 182 Å². The van der Waals surface area contributed by atoms with Crippen LogP contribution in [0.15, 0.2) is 68.7 Å². The van der Waals surface area contributed by atoms with Crippen LogP contribution in [0.4, 0.5) is 0 Å². The first-order chi connectivity index (χ1) is 14.4. The predicted molar refractivity (Wildman–Crippen MR) is 114 cm³/mol. The lowest BCUT2D eigenvalue weighted by Crippen LogP contribution is -2.14. The van der Waals surface area contributed by atoms with Crippen LogP contribution in [0.2, 0.25) is 5.02 Å². The van der Waals surface area contributed by atoms with Crippen LogP contribution in [-0.4, -0.2) is 23.3 Å². The molecule has 3 rings (SSSR count). The average molecular weight is 447 g/mol. The molecule has 0 aliphatic carbocycles. The van der Waals surface area contributed by atoms with Crippen LogP contribution in [0.3, 0.4) is 0 Å². The summed E-state index contributed by atoms with van der Waals surface area (Å²) in [6.45, 7) is 0. The van der Waals surface area contributed by atoms with Crippen LogP contribution in [-0.2, 0) is 15.3 Å². The number of esters is 1. The molecule has 0 aliphatic heterocycles. The van der Waals surface area contributed by atoms with E-state index in [-0.39, 0.29) is 17.9 Å². The van der Waals surface area contributed by atoms with Gasteiger partial charge in [0.2, 0.25) is 11.2 Å². The fraction of sp³-hybridized carbons (Fsp3) is 0.182. The number of phenols is 1. The van der Waals surface area contributed by atoms with Gasteiger partial charge in [-0.05, 0) is 29.8 Å². The van der Waals surface area contributed by atoms with Crippen molar-refractivity contribution in [3.05, 3.63) is 86.9 Å². The van der Waals surface area contributed by atoms with E-state index in [0.29, 0.717) is 22.1 Å². The summed E-state index contributed by atoms with van der Waals surface area (Å²) in [5.41, 5.74) is -0.0350. The third-order valence-corrected chi connectivity index (χ3v) is 5.95. The summed E-state index contributed by atoms with van der Waals surface area (Å²) in [5, 5.41) is 20.5. The van der Waals surface area contributed by atoms with Crippen LogP contribution in [0.1, 0.15) is 29.4 Å². The number of ether oxygens (including phenoxy) is 1. The number of hydrogen-bond donors (Lipinski definition) is 2. The Hall–Kier alpha value is -2.90. The van der Waals surface area contributed by atoms with E-state index >= 15 is 0 Å². The van der Waals surface area contributed by atoms with Crippen molar-refractivity contribution >= 4 is 29.3 Å². The van der Waals surface area contributed by atoms with Crippen molar-refractivity contribution in [1.82, 2.24) is 0 Å². The maximum absolute atomic E-state index is 12.4. The van der Waals surface area contributed by atoms with Crippen molar-refractivity contribution in [1.29, 1.82) is 0 Å². The summed E-state index contributed by atoms with van der Waals surface area (Å²) in [6, 6.07) is 14.6. The molecule has 8 heteroatoms. The number of phenolic OH excluding ortho intramolecular Hbond substituents is 1. The van der Waals surface area contributed by atoms with E-state index in [1.165, 1.54) is 37.1 Å². The minimum absolute atomic E-state index is 0.0339. The van der Waals surface area contributed by atoms with E-state index in [0.717, 1.165) is 4.90 Å². The smallest absolute Gasteiger partial charge is 0.306 e. The highest BCUT2D eigenvalue weighted by atomic mass is 35.5. The zero-order valence-electron chi connectivity index (χ0n) is 16.0. The van der Waals surface area contributed by atoms with Gasteiger partial charge < -0.3 is 19.4 Å². The van der Waals surface area contributed by atoms with Crippen molar-refractivity contribution in [2.75, 3.05) is 7.11 Å². The van der Waals surface area contributed by atoms with Crippen molar-refractivity contribution in [2.24, 2.45) is 0 Å². The van der Waals surface area contributed by atoms with Gasteiger partial charge in [-0.2, -0.15) is 0 Å². The Bertz CT molecular complexity index is 1090. The Kier molecular flexibility index (Phi) is 7.07. The molecule has 0 amide bonds. The van der Waals surface area contributed by atoms with Gasteiger partial charge in [-0.1, -0.05) is 35.9 Å². The molecule has 30 heavy (non-hydrogen) atoms. The van der Waals surface area contributed by atoms with Gasteiger partial charge in [0, 0.05) is 11.0 Å². The Morgan fingerprint density at radius 1 is 1.17 bits per heavy atom. The quantitative estimate of drug-likeness (QED) is 0.401. The van der Waals surface area contributed by atoms with E-state index in [1.54, 1.807) is 18.2 Å². The minimum Gasteiger partial charge on any atom is -0.508 e. The van der Waals surface area contributed by atoms with Gasteiger partial charge >= 0.3 is 5.97 Å². The number of halogens is 1. The molecule has 3 aromatic rings. The van der Waals surface area contributed by atoms with Crippen LogP contribution in [0.25, 0.3) is 0 Å². The van der Waals surface area contributed by atoms with Crippen molar-refractivity contribution in [3.63, 3.8) is 0 Å². The van der Waals surface area contributed by atoms with Crippen LogP contribution < -0.4 is 5.43 Å². The second kappa shape index (κ2) is 9.73. The standard InChI is InChI=1S/C22H19ClO6S/c1-28-20(26)11-16(13-6-8-14(24)9-7-13)22-21(27)18(25)10-15(29-22)12-30-19-5-3-2-4-17(19)23/h2-10,16,24,27H,11-12H2,1H3/t16-/m1/s1. The van der Waals surface area contributed by atoms with E-state index in [4.69, 9.17) is 20.8 Å². The van der Waals surface area contributed by atoms with Crippen molar-refractivity contribution < 1.29 is 24.2 Å². The van der Waals surface area contributed by atoms with Crippen molar-refractivity contribution in [3.8, 4) is 11.5 Å². The molecule has 0 radical (unpaired) electrons. The lowest BCUT2D eigenvalue weighted by atomic mass is 9.92. The number of methoxy groups -OCH3 is 1. The van der Waals surface area contributed by atoms with Crippen LogP contribution >= 0.6 is 23.4 Å². The lowest BCUT2D eigenvalue weighted by molar-refractivity contribution is -0.140. The topological polar surface area (TPSA) is 97.0 Å². The first-order valence-corrected chi connectivity index (χ1v) is 10.3. The Morgan fingerprint density at radius 3 is 2.53 bits per heavy atom. The molecular formula is C22H19ClO6S. The monoisotopic (exact) mass is 446 g/mol. The van der Waals surface area contributed by atoms with E-state index < -0.39 is 23.1 Å². The first-order valence-electron chi connectivity index (χ1n) is 8.98. The normalized spacial score (nSPS) is 11.8. The predicted octanol–water partition coefficient (Wildman–Crippen LogP) is 4.69. The van der Waals surface area contributed by atoms with Gasteiger partial charge in [-0.3, -0.25) is 9.59 Å². The number of thioether (sulfide) groups is 1. The number of aromatic hydroxyl groups is 2. The number of benzene rings is 2. The molecule has 1 aromatic heterocycles. The minimum atomic E-state index is -0.768. The molecule has 0 fully saturated rings. The fourth-order valence-corrected chi connectivity index (χ4v) is 4.01. The first kappa shape index (κ1) is 21.8. The Morgan fingerprint density at radius 2 is 1.87 bits per heavy atom. The lowest BCUT2D eigenvalue weighted by Gasteiger charge is -2.17. The maximum Gasteiger partial charge on any atom is 0.306 e. The number of rotatable bonds is 7. The van der Waals surface area contributed by atoms with Gasteiger partial charge in [0.05, 0.1) is 30.2 Å². The highest BCUT2D eigenvalue weighted by Crippen LogP contribution is 2.35. The zero-order valence-corrected chi connectivity index (χ0v) is 17.6. The summed E-state index contributed by atoms with van der Waals surface area (Å²) in [7, 11) is 1.25. The van der Waals surface area contributed by atoms with Gasteiger partial charge in [0.15, 0.2) is 5.76 Å². The second-order valence-corrected chi connectivity index (χ2v) is 7.86. The van der Waals surface area contributed by atoms with E-state index in [9.17, 15) is 19.8 Å². The largest absolute Gasteiger partial charge is 0.508 e. The number of hydrogen-bond acceptors (Lipinski definition) is 7. The average Bonchev–Trinajstić information content (AvgIpc) is 2.74. The molecule has 1 atom stereocenters. The molecule has 2 aromatic carbocycles. The Balaban J connectivity index is 1.98. The molecular weight excluding hydrogens is 428 g/mol. The summed E-state index contributed by atoms with van der Waals surface area (Å²) in [5.74, 6) is -1.23.